The number of hydrogen-bond acceptors (Lipinski definition) is 3. The standard InChI is InChI=1S/C15H14ClN3O/c16-15-13(10-4-2-1-3-5-10)14-11(8-18-15)6-7-19(14)9-12(17)20/h1-5,8H,6-7,9H2,(H2,17,20). The molecule has 0 radical (unpaired) electrons. The van der Waals surface area contributed by atoms with Crippen LogP contribution >= 0.6 is 11.6 Å². The van der Waals surface area contributed by atoms with Crippen molar-refractivity contribution in [3.8, 4) is 11.1 Å². The van der Waals surface area contributed by atoms with Crippen molar-refractivity contribution in [2.75, 3.05) is 18.0 Å². The predicted molar refractivity (Wildman–Crippen MR) is 79.8 cm³/mol. The van der Waals surface area contributed by atoms with Gasteiger partial charge in [0.15, 0.2) is 0 Å². The molecule has 4 nitrogen and oxygen atoms in total. The number of pyridine rings is 1. The summed E-state index contributed by atoms with van der Waals surface area (Å²) in [6.07, 6.45) is 2.64. The molecule has 102 valence electrons. The third kappa shape index (κ3) is 2.23. The summed E-state index contributed by atoms with van der Waals surface area (Å²) in [5.41, 5.74) is 9.29. The van der Waals surface area contributed by atoms with Crippen molar-refractivity contribution in [3.63, 3.8) is 0 Å². The van der Waals surface area contributed by atoms with Crippen molar-refractivity contribution in [3.05, 3.63) is 47.2 Å². The van der Waals surface area contributed by atoms with Gasteiger partial charge >= 0.3 is 0 Å². The van der Waals surface area contributed by atoms with E-state index >= 15 is 0 Å². The van der Waals surface area contributed by atoms with E-state index in [1.54, 1.807) is 6.20 Å². The van der Waals surface area contributed by atoms with Gasteiger partial charge in [0.05, 0.1) is 12.2 Å². The SMILES string of the molecule is NC(=O)CN1CCc2cnc(Cl)c(-c3ccccc3)c21. The van der Waals surface area contributed by atoms with Gasteiger partial charge in [-0.15, -0.1) is 0 Å². The zero-order valence-corrected chi connectivity index (χ0v) is 11.6. The van der Waals surface area contributed by atoms with Crippen LogP contribution in [-0.2, 0) is 11.2 Å². The molecule has 1 amide bonds. The van der Waals surface area contributed by atoms with Gasteiger partial charge in [0, 0.05) is 18.3 Å². The highest BCUT2D eigenvalue weighted by atomic mass is 35.5. The fourth-order valence-corrected chi connectivity index (χ4v) is 2.88. The van der Waals surface area contributed by atoms with Crippen LogP contribution in [0.1, 0.15) is 5.56 Å². The lowest BCUT2D eigenvalue weighted by Gasteiger charge is -2.21. The number of primary amides is 1. The average molecular weight is 288 g/mol. The van der Waals surface area contributed by atoms with Crippen LogP contribution in [0.5, 0.6) is 0 Å². The summed E-state index contributed by atoms with van der Waals surface area (Å²) in [6, 6.07) is 9.85. The minimum Gasteiger partial charge on any atom is -0.368 e. The Bertz CT molecular complexity index is 658. The van der Waals surface area contributed by atoms with Crippen molar-refractivity contribution < 1.29 is 4.79 Å². The molecule has 3 rings (SSSR count). The smallest absolute Gasteiger partial charge is 0.236 e. The van der Waals surface area contributed by atoms with E-state index in [1.807, 2.05) is 35.2 Å². The number of nitrogens with zero attached hydrogens (tertiary/aromatic N) is 2. The number of carbonyl (C=O) groups is 1. The second kappa shape index (κ2) is 5.13. The molecule has 2 N–H and O–H groups in total. The lowest BCUT2D eigenvalue weighted by Crippen LogP contribution is -2.32. The molecule has 20 heavy (non-hydrogen) atoms. The van der Waals surface area contributed by atoms with E-state index in [9.17, 15) is 4.79 Å². The lowest BCUT2D eigenvalue weighted by atomic mass is 10.0. The first-order valence-corrected chi connectivity index (χ1v) is 6.80. The fourth-order valence-electron chi connectivity index (χ4n) is 2.64. The normalized spacial score (nSPS) is 13.3. The van der Waals surface area contributed by atoms with Gasteiger partial charge in [0.25, 0.3) is 0 Å². The molecule has 0 aliphatic carbocycles. The molecular formula is C15H14ClN3O. The Hall–Kier alpha value is -2.07. The van der Waals surface area contributed by atoms with Crippen LogP contribution < -0.4 is 10.6 Å². The largest absolute Gasteiger partial charge is 0.368 e. The number of amides is 1. The molecule has 0 saturated carbocycles. The average Bonchev–Trinajstić information content (AvgIpc) is 2.82. The zero-order chi connectivity index (χ0) is 14.1. The van der Waals surface area contributed by atoms with Crippen LogP contribution in [0.2, 0.25) is 5.15 Å². The molecule has 1 aromatic heterocycles. The zero-order valence-electron chi connectivity index (χ0n) is 10.8. The number of carbonyl (C=O) groups excluding carboxylic acids is 1. The van der Waals surface area contributed by atoms with Crippen molar-refractivity contribution in [2.45, 2.75) is 6.42 Å². The quantitative estimate of drug-likeness (QED) is 0.881. The van der Waals surface area contributed by atoms with Crippen LogP contribution in [0.3, 0.4) is 0 Å². The predicted octanol–water partition coefficient (Wildman–Crippen LogP) is 2.25. The van der Waals surface area contributed by atoms with E-state index in [-0.39, 0.29) is 12.5 Å². The van der Waals surface area contributed by atoms with E-state index in [0.717, 1.165) is 35.3 Å². The van der Waals surface area contributed by atoms with E-state index in [0.29, 0.717) is 5.15 Å². The maximum Gasteiger partial charge on any atom is 0.236 e. The Labute approximate surface area is 122 Å². The summed E-state index contributed by atoms with van der Waals surface area (Å²) in [6.45, 7) is 0.966. The molecule has 0 unspecified atom stereocenters. The van der Waals surface area contributed by atoms with E-state index in [4.69, 9.17) is 17.3 Å². The van der Waals surface area contributed by atoms with Gasteiger partial charge in [-0.05, 0) is 17.5 Å². The molecule has 0 fully saturated rings. The van der Waals surface area contributed by atoms with Crippen LogP contribution in [0.25, 0.3) is 11.1 Å². The Kier molecular flexibility index (Phi) is 3.32. The molecule has 5 heteroatoms. The van der Waals surface area contributed by atoms with E-state index in [1.165, 1.54) is 0 Å². The summed E-state index contributed by atoms with van der Waals surface area (Å²) in [7, 11) is 0. The third-order valence-electron chi connectivity index (χ3n) is 3.46. The highest BCUT2D eigenvalue weighted by Crippen LogP contribution is 2.41. The summed E-state index contributed by atoms with van der Waals surface area (Å²) in [5, 5.41) is 0.450. The molecule has 1 aliphatic heterocycles. The maximum atomic E-state index is 11.2. The second-order valence-electron chi connectivity index (χ2n) is 4.80. The van der Waals surface area contributed by atoms with Crippen LogP contribution in [0.4, 0.5) is 5.69 Å². The number of fused-ring (bicyclic) bond motifs is 1. The Morgan fingerprint density at radius 3 is 2.80 bits per heavy atom. The molecule has 2 heterocycles. The number of aromatic nitrogens is 1. The number of nitrogens with two attached hydrogens (primary N) is 1. The monoisotopic (exact) mass is 287 g/mol. The second-order valence-corrected chi connectivity index (χ2v) is 5.16. The number of rotatable bonds is 3. The Morgan fingerprint density at radius 1 is 1.35 bits per heavy atom. The topological polar surface area (TPSA) is 59.2 Å². The van der Waals surface area contributed by atoms with Crippen molar-refractivity contribution in [2.24, 2.45) is 5.73 Å². The first-order valence-electron chi connectivity index (χ1n) is 6.43. The van der Waals surface area contributed by atoms with Gasteiger partial charge in [-0.25, -0.2) is 4.98 Å². The van der Waals surface area contributed by atoms with Crippen molar-refractivity contribution in [1.29, 1.82) is 0 Å². The molecular weight excluding hydrogens is 274 g/mol. The first-order chi connectivity index (χ1) is 9.66. The van der Waals surface area contributed by atoms with Gasteiger partial charge < -0.3 is 10.6 Å². The van der Waals surface area contributed by atoms with Crippen LogP contribution in [-0.4, -0.2) is 24.0 Å². The van der Waals surface area contributed by atoms with Gasteiger partial charge in [0.1, 0.15) is 5.15 Å². The number of hydrogen-bond donors (Lipinski definition) is 1. The Balaban J connectivity index is 2.15. The third-order valence-corrected chi connectivity index (χ3v) is 3.74. The molecule has 0 spiro atoms. The summed E-state index contributed by atoms with van der Waals surface area (Å²) >= 11 is 6.29. The highest BCUT2D eigenvalue weighted by molar-refractivity contribution is 6.33. The first kappa shape index (κ1) is 12.9. The van der Waals surface area contributed by atoms with Gasteiger partial charge in [-0.2, -0.15) is 0 Å². The Morgan fingerprint density at radius 2 is 2.10 bits per heavy atom. The van der Waals surface area contributed by atoms with Crippen LogP contribution in [0, 0.1) is 0 Å². The van der Waals surface area contributed by atoms with Gasteiger partial charge in [0.2, 0.25) is 5.91 Å². The van der Waals surface area contributed by atoms with E-state index in [2.05, 4.69) is 4.98 Å². The molecule has 1 aliphatic rings. The number of halogens is 1. The summed E-state index contributed by atoms with van der Waals surface area (Å²) in [5.74, 6) is -0.343. The van der Waals surface area contributed by atoms with E-state index < -0.39 is 0 Å². The number of anilines is 1. The molecule has 0 bridgehead atoms. The number of benzene rings is 1. The minimum absolute atomic E-state index is 0.202. The summed E-state index contributed by atoms with van der Waals surface area (Å²) in [4.78, 5) is 17.5. The molecule has 0 atom stereocenters. The fraction of sp³-hybridized carbons (Fsp3) is 0.200. The van der Waals surface area contributed by atoms with Gasteiger partial charge in [-0.3, -0.25) is 4.79 Å². The van der Waals surface area contributed by atoms with Crippen LogP contribution in [0.15, 0.2) is 36.5 Å². The molecule has 2 aromatic rings. The molecule has 1 aromatic carbocycles. The highest BCUT2D eigenvalue weighted by Gasteiger charge is 2.26. The van der Waals surface area contributed by atoms with Crippen molar-refractivity contribution in [1.82, 2.24) is 4.98 Å². The van der Waals surface area contributed by atoms with Gasteiger partial charge in [-0.1, -0.05) is 41.9 Å². The molecule has 0 saturated heterocycles. The van der Waals surface area contributed by atoms with Crippen molar-refractivity contribution >= 4 is 23.2 Å². The summed E-state index contributed by atoms with van der Waals surface area (Å²) < 4.78 is 0. The minimum atomic E-state index is -0.343. The lowest BCUT2D eigenvalue weighted by molar-refractivity contribution is -0.116. The maximum absolute atomic E-state index is 11.2.